The summed E-state index contributed by atoms with van der Waals surface area (Å²) in [7, 11) is -0.229. The molecule has 8 nitrogen and oxygen atoms in total. The predicted molar refractivity (Wildman–Crippen MR) is 97.6 cm³/mol. The van der Waals surface area contributed by atoms with E-state index in [9.17, 15) is 8.42 Å². The lowest BCUT2D eigenvalue weighted by atomic mass is 9.94. The van der Waals surface area contributed by atoms with Crippen molar-refractivity contribution in [1.82, 2.24) is 23.7 Å². The van der Waals surface area contributed by atoms with E-state index in [0.29, 0.717) is 13.1 Å². The molecule has 1 aliphatic rings. The lowest BCUT2D eigenvalue weighted by Gasteiger charge is -2.33. The minimum Gasteiger partial charge on any atom is -0.361 e. The highest BCUT2D eigenvalue weighted by Crippen LogP contribution is 2.27. The molecular formula is C17H25N5O3S. The largest absolute Gasteiger partial charge is 0.361 e. The van der Waals surface area contributed by atoms with Crippen molar-refractivity contribution in [2.45, 2.75) is 33.1 Å². The van der Waals surface area contributed by atoms with Gasteiger partial charge in [0.25, 0.3) is 10.2 Å². The second kappa shape index (κ2) is 7.42. The Balaban J connectivity index is 1.76. The zero-order chi connectivity index (χ0) is 18.9. The summed E-state index contributed by atoms with van der Waals surface area (Å²) < 4.78 is 32.8. The average molecular weight is 379 g/mol. The van der Waals surface area contributed by atoms with Crippen LogP contribution in [0.3, 0.4) is 0 Å². The number of hydrogen-bond donors (Lipinski definition) is 0. The molecule has 9 heteroatoms. The molecule has 3 heterocycles. The zero-order valence-electron chi connectivity index (χ0n) is 15.6. The molecule has 0 amide bonds. The summed E-state index contributed by atoms with van der Waals surface area (Å²) in [6.07, 6.45) is 4.12. The van der Waals surface area contributed by atoms with Crippen LogP contribution in [0, 0.1) is 19.8 Å². The van der Waals surface area contributed by atoms with E-state index in [0.717, 1.165) is 47.7 Å². The minimum absolute atomic E-state index is 0.242. The molecule has 2 aromatic rings. The highest BCUT2D eigenvalue weighted by atomic mass is 32.2. The van der Waals surface area contributed by atoms with Gasteiger partial charge in [0, 0.05) is 32.9 Å². The van der Waals surface area contributed by atoms with E-state index in [1.54, 1.807) is 24.7 Å². The van der Waals surface area contributed by atoms with Crippen LogP contribution in [0.4, 0.5) is 0 Å². The van der Waals surface area contributed by atoms with Crippen molar-refractivity contribution >= 4 is 10.2 Å². The van der Waals surface area contributed by atoms with Gasteiger partial charge in [-0.1, -0.05) is 5.16 Å². The topological polar surface area (TPSA) is 92.4 Å². The first-order valence-corrected chi connectivity index (χ1v) is 10.1. The number of aryl methyl sites for hydroxylation is 2. The third-order valence-corrected chi connectivity index (χ3v) is 6.69. The standard InChI is InChI=1S/C17H25N5O3S/c1-12-17(13(2)25-20-12)16-9-15(18-11-19-16)8-14-6-5-7-22(10-14)26(23,24)21(3)4/h9,11,14H,5-8,10H2,1-4H3/t14-/m0/s1. The maximum absolute atomic E-state index is 12.4. The maximum atomic E-state index is 12.4. The Hall–Kier alpha value is -1.84. The Morgan fingerprint density at radius 3 is 2.73 bits per heavy atom. The van der Waals surface area contributed by atoms with E-state index in [1.807, 2.05) is 19.9 Å². The third kappa shape index (κ3) is 3.79. The molecule has 0 aliphatic carbocycles. The molecule has 0 bridgehead atoms. The Kier molecular flexibility index (Phi) is 5.40. The molecule has 2 aromatic heterocycles. The molecule has 1 fully saturated rings. The van der Waals surface area contributed by atoms with E-state index < -0.39 is 10.2 Å². The van der Waals surface area contributed by atoms with Crippen LogP contribution < -0.4 is 0 Å². The van der Waals surface area contributed by atoms with Crippen molar-refractivity contribution in [2.24, 2.45) is 5.92 Å². The fourth-order valence-electron chi connectivity index (χ4n) is 3.42. The predicted octanol–water partition coefficient (Wildman–Crippen LogP) is 1.81. The van der Waals surface area contributed by atoms with Gasteiger partial charge in [0.1, 0.15) is 12.1 Å². The van der Waals surface area contributed by atoms with E-state index in [1.165, 1.54) is 4.31 Å². The number of hydrogen-bond acceptors (Lipinski definition) is 6. The molecule has 0 spiro atoms. The van der Waals surface area contributed by atoms with Crippen LogP contribution in [0.1, 0.15) is 30.0 Å². The Morgan fingerprint density at radius 1 is 1.31 bits per heavy atom. The SMILES string of the molecule is Cc1noc(C)c1-c1cc(C[C@@H]2CCCN(S(=O)(=O)N(C)C)C2)ncn1. The summed E-state index contributed by atoms with van der Waals surface area (Å²) in [6.45, 7) is 4.84. The summed E-state index contributed by atoms with van der Waals surface area (Å²) in [5, 5.41) is 3.98. The number of piperidine rings is 1. The monoisotopic (exact) mass is 379 g/mol. The van der Waals surface area contributed by atoms with Crippen LogP contribution >= 0.6 is 0 Å². The van der Waals surface area contributed by atoms with Gasteiger partial charge in [0.05, 0.1) is 17.0 Å². The average Bonchev–Trinajstić information content (AvgIpc) is 2.94. The van der Waals surface area contributed by atoms with Crippen LogP contribution in [0.25, 0.3) is 11.3 Å². The Labute approximate surface area is 154 Å². The maximum Gasteiger partial charge on any atom is 0.281 e. The Morgan fingerprint density at radius 2 is 2.08 bits per heavy atom. The first kappa shape index (κ1) is 18.9. The van der Waals surface area contributed by atoms with Crippen LogP contribution in [0.5, 0.6) is 0 Å². The lowest BCUT2D eigenvalue weighted by molar-refractivity contribution is 0.253. The van der Waals surface area contributed by atoms with Crippen molar-refractivity contribution in [3.63, 3.8) is 0 Å². The van der Waals surface area contributed by atoms with E-state index >= 15 is 0 Å². The van der Waals surface area contributed by atoms with Gasteiger partial charge in [0.15, 0.2) is 0 Å². The number of aromatic nitrogens is 3. The normalized spacial score (nSPS) is 19.2. The van der Waals surface area contributed by atoms with Gasteiger partial charge in [0.2, 0.25) is 0 Å². The highest BCUT2D eigenvalue weighted by molar-refractivity contribution is 7.86. The number of nitrogens with zero attached hydrogens (tertiary/aromatic N) is 5. The molecule has 0 N–H and O–H groups in total. The molecule has 1 atom stereocenters. The summed E-state index contributed by atoms with van der Waals surface area (Å²) in [6, 6.07) is 1.95. The molecule has 142 valence electrons. The second-order valence-corrected chi connectivity index (χ2v) is 9.10. The van der Waals surface area contributed by atoms with Gasteiger partial charge in [-0.25, -0.2) is 9.97 Å². The van der Waals surface area contributed by atoms with Gasteiger partial charge in [-0.2, -0.15) is 17.0 Å². The van der Waals surface area contributed by atoms with Crippen LogP contribution in [0.15, 0.2) is 16.9 Å². The van der Waals surface area contributed by atoms with Gasteiger partial charge < -0.3 is 4.52 Å². The quantitative estimate of drug-likeness (QED) is 0.787. The smallest absolute Gasteiger partial charge is 0.281 e. The lowest BCUT2D eigenvalue weighted by Crippen LogP contribution is -2.45. The van der Waals surface area contributed by atoms with Gasteiger partial charge in [-0.3, -0.25) is 0 Å². The van der Waals surface area contributed by atoms with Crippen LogP contribution in [-0.4, -0.2) is 59.3 Å². The fourth-order valence-corrected chi connectivity index (χ4v) is 4.65. The molecule has 26 heavy (non-hydrogen) atoms. The first-order valence-electron chi connectivity index (χ1n) is 8.70. The first-order chi connectivity index (χ1) is 12.3. The summed E-state index contributed by atoms with van der Waals surface area (Å²) in [4.78, 5) is 8.73. The van der Waals surface area contributed by atoms with Gasteiger partial charge in [-0.15, -0.1) is 0 Å². The molecule has 1 saturated heterocycles. The number of rotatable bonds is 5. The van der Waals surface area contributed by atoms with Crippen LogP contribution in [0.2, 0.25) is 0 Å². The Bertz CT molecular complexity index is 859. The minimum atomic E-state index is -3.37. The van der Waals surface area contributed by atoms with Crippen molar-refractivity contribution in [3.8, 4) is 11.3 Å². The van der Waals surface area contributed by atoms with E-state index in [-0.39, 0.29) is 5.92 Å². The molecule has 0 radical (unpaired) electrons. The molecular weight excluding hydrogens is 354 g/mol. The molecule has 0 unspecified atom stereocenters. The molecule has 0 aromatic carbocycles. The van der Waals surface area contributed by atoms with E-state index in [2.05, 4.69) is 15.1 Å². The molecule has 0 saturated carbocycles. The molecule has 3 rings (SSSR count). The van der Waals surface area contributed by atoms with Crippen molar-refractivity contribution < 1.29 is 12.9 Å². The third-order valence-electron chi connectivity index (χ3n) is 4.78. The van der Waals surface area contributed by atoms with Crippen molar-refractivity contribution in [3.05, 3.63) is 29.5 Å². The molecule has 1 aliphatic heterocycles. The summed E-state index contributed by atoms with van der Waals surface area (Å²) in [5.41, 5.74) is 3.39. The zero-order valence-corrected chi connectivity index (χ0v) is 16.5. The van der Waals surface area contributed by atoms with E-state index in [4.69, 9.17) is 4.52 Å². The van der Waals surface area contributed by atoms with Gasteiger partial charge in [-0.05, 0) is 45.1 Å². The summed E-state index contributed by atoms with van der Waals surface area (Å²) in [5.74, 6) is 0.971. The van der Waals surface area contributed by atoms with Crippen LogP contribution in [-0.2, 0) is 16.6 Å². The summed E-state index contributed by atoms with van der Waals surface area (Å²) >= 11 is 0. The van der Waals surface area contributed by atoms with Gasteiger partial charge >= 0.3 is 0 Å². The van der Waals surface area contributed by atoms with Crippen molar-refractivity contribution in [2.75, 3.05) is 27.2 Å². The fraction of sp³-hybridized carbons (Fsp3) is 0.588. The highest BCUT2D eigenvalue weighted by Gasteiger charge is 2.30. The second-order valence-electron chi connectivity index (χ2n) is 6.95. The van der Waals surface area contributed by atoms with Crippen molar-refractivity contribution in [1.29, 1.82) is 0 Å².